The summed E-state index contributed by atoms with van der Waals surface area (Å²) < 4.78 is 14.2. The van der Waals surface area contributed by atoms with Crippen molar-refractivity contribution in [3.63, 3.8) is 0 Å². The Morgan fingerprint density at radius 3 is 1.32 bits per heavy atom. The van der Waals surface area contributed by atoms with Gasteiger partial charge in [0, 0.05) is 54.3 Å². The minimum Gasteiger partial charge on any atom is -0.455 e. The van der Waals surface area contributed by atoms with Crippen LogP contribution in [-0.4, -0.2) is 0 Å². The van der Waals surface area contributed by atoms with Gasteiger partial charge in [-0.1, -0.05) is 177 Å². The summed E-state index contributed by atoms with van der Waals surface area (Å²) in [5, 5.41) is 4.71. The zero-order valence-corrected chi connectivity index (χ0v) is 39.8. The minimum atomic E-state index is -0.344. The highest BCUT2D eigenvalue weighted by Gasteiger charge is 2.49. The molecule has 68 heavy (non-hydrogen) atoms. The molecule has 0 amide bonds. The Morgan fingerprint density at radius 2 is 0.735 bits per heavy atom. The molecule has 2 heterocycles. The zero-order chi connectivity index (χ0) is 46.0. The maximum Gasteiger partial charge on any atom is 0.144 e. The van der Waals surface area contributed by atoms with Gasteiger partial charge >= 0.3 is 0 Å². The molecule has 0 atom stereocenters. The van der Waals surface area contributed by atoms with Crippen LogP contribution in [0, 0.1) is 0 Å². The quantitative estimate of drug-likeness (QED) is 0.173. The van der Waals surface area contributed by atoms with Crippen LogP contribution in [0.2, 0.25) is 0 Å². The molecule has 0 fully saturated rings. The molecule has 0 unspecified atom stereocenters. The molecule has 2 aromatic heterocycles. The van der Waals surface area contributed by atoms with Crippen molar-refractivity contribution in [3.05, 3.63) is 202 Å². The Kier molecular flexibility index (Phi) is 7.03. The fourth-order valence-corrected chi connectivity index (χ4v) is 14.1. The van der Waals surface area contributed by atoms with Crippen LogP contribution in [-0.2, 0) is 21.7 Å². The molecule has 11 aromatic rings. The molecule has 0 saturated heterocycles. The van der Waals surface area contributed by atoms with Gasteiger partial charge in [-0.3, -0.25) is 0 Å². The van der Waals surface area contributed by atoms with Gasteiger partial charge in [0.05, 0.1) is 0 Å². The number of furan rings is 2. The van der Waals surface area contributed by atoms with E-state index in [2.05, 4.69) is 213 Å². The van der Waals surface area contributed by atoms with Gasteiger partial charge in [0.1, 0.15) is 22.3 Å². The van der Waals surface area contributed by atoms with Crippen LogP contribution < -0.4 is 0 Å². The largest absolute Gasteiger partial charge is 0.455 e. The SMILES string of the molecule is CC1(C)c2ccccc2-c2cc(-c3cc4c(c5c3oc3ccccc35)-c3ccc5c(c3C4(C)C)C(C)(C)c3cc(-c4ccc6c(c4)-c4ccccc4C6(C)C)c4c(oc6ccccc64)c3-5)ccc21. The van der Waals surface area contributed by atoms with Crippen LogP contribution in [0.25, 0.3) is 111 Å². The lowest BCUT2D eigenvalue weighted by atomic mass is 9.72. The molecule has 2 heteroatoms. The molecule has 15 rings (SSSR count). The molecule has 0 N–H and O–H groups in total. The van der Waals surface area contributed by atoms with Crippen LogP contribution in [0.5, 0.6) is 0 Å². The summed E-state index contributed by atoms with van der Waals surface area (Å²) in [6.45, 7) is 19.3. The average molecular weight is 875 g/mol. The highest BCUT2D eigenvalue weighted by molar-refractivity contribution is 6.21. The van der Waals surface area contributed by atoms with E-state index in [1.165, 1.54) is 116 Å². The predicted octanol–water partition coefficient (Wildman–Crippen LogP) is 18.0. The molecular formula is C66H50O2. The third-order valence-electron chi connectivity index (χ3n) is 17.4. The van der Waals surface area contributed by atoms with Crippen LogP contribution in [0.15, 0.2) is 167 Å². The summed E-state index contributed by atoms with van der Waals surface area (Å²) in [6, 6.07) is 59.3. The lowest BCUT2D eigenvalue weighted by Crippen LogP contribution is -2.24. The van der Waals surface area contributed by atoms with Crippen molar-refractivity contribution in [1.82, 2.24) is 0 Å². The summed E-state index contributed by atoms with van der Waals surface area (Å²) in [7, 11) is 0. The van der Waals surface area contributed by atoms with Gasteiger partial charge < -0.3 is 8.83 Å². The summed E-state index contributed by atoms with van der Waals surface area (Å²) in [4.78, 5) is 0. The van der Waals surface area contributed by atoms with E-state index in [1.54, 1.807) is 0 Å². The van der Waals surface area contributed by atoms with Crippen molar-refractivity contribution in [2.75, 3.05) is 0 Å². The van der Waals surface area contributed by atoms with E-state index in [0.29, 0.717) is 0 Å². The molecule has 326 valence electrons. The molecule has 4 aliphatic rings. The Morgan fingerprint density at radius 1 is 0.294 bits per heavy atom. The van der Waals surface area contributed by atoms with Crippen LogP contribution in [0.1, 0.15) is 99.9 Å². The van der Waals surface area contributed by atoms with Gasteiger partial charge in [-0.2, -0.15) is 0 Å². The Bertz CT molecular complexity index is 4140. The van der Waals surface area contributed by atoms with Gasteiger partial charge in [0.25, 0.3) is 0 Å². The Balaban J connectivity index is 0.974. The van der Waals surface area contributed by atoms with Crippen molar-refractivity contribution >= 4 is 43.9 Å². The molecule has 0 radical (unpaired) electrons. The second-order valence-corrected chi connectivity index (χ2v) is 22.3. The van der Waals surface area contributed by atoms with Gasteiger partial charge in [-0.15, -0.1) is 0 Å². The number of hydrogen-bond donors (Lipinski definition) is 0. The third kappa shape index (κ3) is 4.51. The molecular weight excluding hydrogens is 825 g/mol. The third-order valence-corrected chi connectivity index (χ3v) is 17.4. The number of benzene rings is 9. The molecule has 0 aliphatic heterocycles. The van der Waals surface area contributed by atoms with Crippen LogP contribution >= 0.6 is 0 Å². The number of para-hydroxylation sites is 2. The van der Waals surface area contributed by atoms with Crippen molar-refractivity contribution in [2.45, 2.75) is 77.0 Å². The highest BCUT2D eigenvalue weighted by atomic mass is 16.3. The fourth-order valence-electron chi connectivity index (χ4n) is 14.1. The molecule has 4 aliphatic carbocycles. The average Bonchev–Trinajstić information content (AvgIpc) is 4.13. The zero-order valence-electron chi connectivity index (χ0n) is 39.8. The highest BCUT2D eigenvalue weighted by Crippen LogP contribution is 2.64. The van der Waals surface area contributed by atoms with Crippen molar-refractivity contribution in [2.24, 2.45) is 0 Å². The maximum absolute atomic E-state index is 7.14. The first-order chi connectivity index (χ1) is 32.8. The van der Waals surface area contributed by atoms with E-state index in [9.17, 15) is 0 Å². The van der Waals surface area contributed by atoms with Crippen LogP contribution in [0.4, 0.5) is 0 Å². The Labute approximate surface area is 396 Å². The Hall–Kier alpha value is -7.42. The number of hydrogen-bond acceptors (Lipinski definition) is 2. The van der Waals surface area contributed by atoms with E-state index in [1.807, 2.05) is 0 Å². The first-order valence-electron chi connectivity index (χ1n) is 24.4. The van der Waals surface area contributed by atoms with E-state index in [4.69, 9.17) is 8.83 Å². The van der Waals surface area contributed by atoms with E-state index in [-0.39, 0.29) is 21.7 Å². The second-order valence-electron chi connectivity index (χ2n) is 22.3. The summed E-state index contributed by atoms with van der Waals surface area (Å²) in [5.74, 6) is 0. The fraction of sp³-hybridized carbons (Fsp3) is 0.182. The molecule has 9 aromatic carbocycles. The summed E-state index contributed by atoms with van der Waals surface area (Å²) >= 11 is 0. The normalized spacial score (nSPS) is 16.7. The first-order valence-corrected chi connectivity index (χ1v) is 24.4. The molecule has 0 spiro atoms. The number of rotatable bonds is 2. The van der Waals surface area contributed by atoms with Gasteiger partial charge in [-0.25, -0.2) is 0 Å². The second kappa shape index (κ2) is 12.4. The molecule has 0 saturated carbocycles. The molecule has 0 bridgehead atoms. The van der Waals surface area contributed by atoms with Crippen molar-refractivity contribution in [3.8, 4) is 66.8 Å². The van der Waals surface area contributed by atoms with Gasteiger partial charge in [-0.05, 0) is 137 Å². The lowest BCUT2D eigenvalue weighted by molar-refractivity contribution is 0.601. The monoisotopic (exact) mass is 874 g/mol. The predicted molar refractivity (Wildman–Crippen MR) is 282 cm³/mol. The summed E-state index contributed by atoms with van der Waals surface area (Å²) in [6.07, 6.45) is 0. The van der Waals surface area contributed by atoms with Gasteiger partial charge in [0.2, 0.25) is 0 Å². The lowest BCUT2D eigenvalue weighted by Gasteiger charge is -2.31. The minimum absolute atomic E-state index is 0.0614. The summed E-state index contributed by atoms with van der Waals surface area (Å²) in [5.41, 5.74) is 29.2. The number of fused-ring (bicyclic) bond motifs is 21. The van der Waals surface area contributed by atoms with Crippen LogP contribution in [0.3, 0.4) is 0 Å². The van der Waals surface area contributed by atoms with Crippen molar-refractivity contribution in [1.29, 1.82) is 0 Å². The standard InChI is InChI=1S/C66H50O2/c1-63(2)47-21-13-9-17-37(47)45-31-35(25-29-49(45)63)43-33-52-57(62-55(43)39-19-11-15-23-53(39)68-62)42-28-27-41-56-51(65(5,6)59(41)60(42)66(52,7)8)34-44(61-58(56)40-20-12-16-24-54(40)67-61)36-26-30-50-46(32-36)38-18-10-14-22-48(38)64(50,3)4/h9-34H,1-8H3. The molecule has 2 nitrogen and oxygen atoms in total. The smallest absolute Gasteiger partial charge is 0.144 e. The van der Waals surface area contributed by atoms with E-state index < -0.39 is 0 Å². The van der Waals surface area contributed by atoms with E-state index >= 15 is 0 Å². The maximum atomic E-state index is 7.14. The first kappa shape index (κ1) is 38.7. The topological polar surface area (TPSA) is 26.3 Å². The van der Waals surface area contributed by atoms with E-state index in [0.717, 1.165) is 38.7 Å². The van der Waals surface area contributed by atoms with Crippen molar-refractivity contribution < 1.29 is 8.83 Å². The van der Waals surface area contributed by atoms with Gasteiger partial charge in [0.15, 0.2) is 0 Å².